The van der Waals surface area contributed by atoms with E-state index < -0.39 is 5.54 Å². The second-order valence-electron chi connectivity index (χ2n) is 8.40. The molecule has 2 aromatic rings. The van der Waals surface area contributed by atoms with Gasteiger partial charge in [-0.25, -0.2) is 0 Å². The summed E-state index contributed by atoms with van der Waals surface area (Å²) in [5, 5.41) is 7.40. The molecule has 1 aliphatic carbocycles. The molecule has 148 valence electrons. The minimum Gasteiger partial charge on any atom is -0.361 e. The molecule has 6 nitrogen and oxygen atoms in total. The van der Waals surface area contributed by atoms with Gasteiger partial charge in [0, 0.05) is 37.1 Å². The smallest absolute Gasteiger partial charge is 0.246 e. The van der Waals surface area contributed by atoms with Crippen molar-refractivity contribution in [3.63, 3.8) is 0 Å². The van der Waals surface area contributed by atoms with E-state index in [-0.39, 0.29) is 17.4 Å². The van der Waals surface area contributed by atoms with Crippen molar-refractivity contribution in [1.82, 2.24) is 15.4 Å². The van der Waals surface area contributed by atoms with Crippen LogP contribution in [0.2, 0.25) is 0 Å². The zero-order chi connectivity index (χ0) is 19.8. The predicted molar refractivity (Wildman–Crippen MR) is 105 cm³/mol. The van der Waals surface area contributed by atoms with Crippen LogP contribution < -0.4 is 5.32 Å². The Morgan fingerprint density at radius 1 is 1.18 bits per heavy atom. The van der Waals surface area contributed by atoms with Gasteiger partial charge in [-0.1, -0.05) is 35.5 Å². The van der Waals surface area contributed by atoms with Crippen LogP contribution in [-0.4, -0.2) is 39.5 Å². The van der Waals surface area contributed by atoms with Gasteiger partial charge in [-0.15, -0.1) is 0 Å². The fourth-order valence-corrected chi connectivity index (χ4v) is 4.49. The van der Waals surface area contributed by atoms with E-state index in [1.807, 2.05) is 36.4 Å². The zero-order valence-electron chi connectivity index (χ0n) is 16.5. The fraction of sp³-hybridized carbons (Fsp3) is 0.500. The quantitative estimate of drug-likeness (QED) is 0.862. The lowest BCUT2D eigenvalue weighted by Crippen LogP contribution is -2.63. The Balaban J connectivity index is 1.62. The molecular formula is C22H27N3O3. The lowest BCUT2D eigenvalue weighted by molar-refractivity contribution is -0.145. The molecule has 1 aromatic carbocycles. The predicted octanol–water partition coefficient (Wildman–Crippen LogP) is 3.32. The van der Waals surface area contributed by atoms with Crippen LogP contribution in [0.3, 0.4) is 0 Å². The van der Waals surface area contributed by atoms with E-state index in [0.29, 0.717) is 25.1 Å². The van der Waals surface area contributed by atoms with E-state index in [0.717, 1.165) is 36.9 Å². The van der Waals surface area contributed by atoms with E-state index in [9.17, 15) is 9.59 Å². The van der Waals surface area contributed by atoms with E-state index in [1.165, 1.54) is 6.92 Å². The number of hydrogen-bond acceptors (Lipinski definition) is 4. The summed E-state index contributed by atoms with van der Waals surface area (Å²) in [6.45, 7) is 4.21. The summed E-state index contributed by atoms with van der Waals surface area (Å²) >= 11 is 0. The first-order valence-electron chi connectivity index (χ1n) is 10.0. The van der Waals surface area contributed by atoms with Crippen LogP contribution in [-0.2, 0) is 16.0 Å². The molecule has 1 saturated carbocycles. The molecule has 28 heavy (non-hydrogen) atoms. The molecule has 2 amide bonds. The van der Waals surface area contributed by atoms with Crippen LogP contribution >= 0.6 is 0 Å². The molecule has 4 rings (SSSR count). The Morgan fingerprint density at radius 3 is 2.57 bits per heavy atom. The monoisotopic (exact) mass is 381 g/mol. The Morgan fingerprint density at radius 2 is 1.93 bits per heavy atom. The third-order valence-electron chi connectivity index (χ3n) is 6.26. The van der Waals surface area contributed by atoms with Gasteiger partial charge in [0.1, 0.15) is 17.0 Å². The van der Waals surface area contributed by atoms with Crippen molar-refractivity contribution in [2.75, 3.05) is 6.54 Å². The number of carbonyl (C=O) groups excluding carboxylic acids is 2. The lowest BCUT2D eigenvalue weighted by Gasteiger charge is -2.44. The van der Waals surface area contributed by atoms with Crippen molar-refractivity contribution < 1.29 is 14.1 Å². The Hall–Kier alpha value is -2.63. The number of rotatable bonds is 5. The van der Waals surface area contributed by atoms with Crippen molar-refractivity contribution >= 4 is 11.8 Å². The normalized spacial score (nSPS) is 23.3. The number of benzene rings is 1. The standard InChI is InChI=1S/C22H27N3O3/c1-16(26)25-13-7-12-22(25,20(27)23-21(2)10-6-11-21)15-18-14-19(24-28-18)17-8-4-3-5-9-17/h3-5,8-9,14H,6-7,10-13,15H2,1-2H3,(H,23,27). The first-order chi connectivity index (χ1) is 13.4. The van der Waals surface area contributed by atoms with Crippen LogP contribution in [0.25, 0.3) is 11.3 Å². The number of carbonyl (C=O) groups is 2. The van der Waals surface area contributed by atoms with Gasteiger partial charge in [-0.2, -0.15) is 0 Å². The van der Waals surface area contributed by atoms with Crippen LogP contribution in [0.4, 0.5) is 0 Å². The van der Waals surface area contributed by atoms with Gasteiger partial charge in [-0.3, -0.25) is 9.59 Å². The minimum absolute atomic E-state index is 0.0694. The van der Waals surface area contributed by atoms with E-state index in [4.69, 9.17) is 4.52 Å². The highest BCUT2D eigenvalue weighted by molar-refractivity contribution is 5.92. The average Bonchev–Trinajstić information content (AvgIpc) is 3.29. The van der Waals surface area contributed by atoms with E-state index in [2.05, 4.69) is 17.4 Å². The maximum Gasteiger partial charge on any atom is 0.246 e. The Kier molecular flexibility index (Phi) is 4.73. The van der Waals surface area contributed by atoms with Gasteiger partial charge in [0.15, 0.2) is 0 Å². The fourth-order valence-electron chi connectivity index (χ4n) is 4.49. The third kappa shape index (κ3) is 3.32. The summed E-state index contributed by atoms with van der Waals surface area (Å²) in [6, 6.07) is 11.7. The Labute approximate surface area is 165 Å². The summed E-state index contributed by atoms with van der Waals surface area (Å²) in [5.74, 6) is 0.482. The molecule has 1 atom stereocenters. The number of nitrogens with zero attached hydrogens (tertiary/aromatic N) is 2. The second-order valence-corrected chi connectivity index (χ2v) is 8.40. The van der Waals surface area contributed by atoms with Crippen LogP contribution in [0.15, 0.2) is 40.9 Å². The van der Waals surface area contributed by atoms with Crippen molar-refractivity contribution in [2.45, 2.75) is 63.5 Å². The molecule has 0 bridgehead atoms. The van der Waals surface area contributed by atoms with Crippen molar-refractivity contribution in [3.05, 3.63) is 42.2 Å². The van der Waals surface area contributed by atoms with Gasteiger partial charge in [-0.05, 0) is 39.0 Å². The SMILES string of the molecule is CC(=O)N1CCCC1(Cc1cc(-c2ccccc2)no1)C(=O)NC1(C)CCC1. The Bertz CT molecular complexity index is 872. The maximum atomic E-state index is 13.4. The molecule has 0 spiro atoms. The van der Waals surface area contributed by atoms with Gasteiger partial charge in [0.05, 0.1) is 0 Å². The number of aromatic nitrogens is 1. The molecule has 0 radical (unpaired) electrons. The molecule has 2 fully saturated rings. The zero-order valence-corrected chi connectivity index (χ0v) is 16.5. The van der Waals surface area contributed by atoms with Crippen LogP contribution in [0, 0.1) is 0 Å². The van der Waals surface area contributed by atoms with Crippen molar-refractivity contribution in [2.24, 2.45) is 0 Å². The van der Waals surface area contributed by atoms with Crippen LogP contribution in [0.5, 0.6) is 0 Å². The van der Waals surface area contributed by atoms with E-state index in [1.54, 1.807) is 4.90 Å². The van der Waals surface area contributed by atoms with E-state index >= 15 is 0 Å². The van der Waals surface area contributed by atoms with Gasteiger partial charge in [0.25, 0.3) is 0 Å². The molecule has 6 heteroatoms. The first-order valence-corrected chi connectivity index (χ1v) is 10.0. The third-order valence-corrected chi connectivity index (χ3v) is 6.26. The first kappa shape index (κ1) is 18.7. The topological polar surface area (TPSA) is 75.4 Å². The van der Waals surface area contributed by atoms with Crippen LogP contribution in [0.1, 0.15) is 51.7 Å². The minimum atomic E-state index is -0.905. The van der Waals surface area contributed by atoms with Crippen molar-refractivity contribution in [1.29, 1.82) is 0 Å². The molecule has 1 aliphatic heterocycles. The maximum absolute atomic E-state index is 13.4. The molecule has 1 aromatic heterocycles. The molecule has 1 N–H and O–H groups in total. The summed E-state index contributed by atoms with van der Waals surface area (Å²) < 4.78 is 5.59. The number of hydrogen-bond donors (Lipinski definition) is 1. The molecule has 1 unspecified atom stereocenters. The molecular weight excluding hydrogens is 354 g/mol. The second kappa shape index (κ2) is 7.08. The lowest BCUT2D eigenvalue weighted by atomic mass is 9.77. The number of nitrogens with one attached hydrogen (secondary N) is 1. The molecule has 2 aliphatic rings. The van der Waals surface area contributed by atoms with Gasteiger partial charge >= 0.3 is 0 Å². The number of amides is 2. The van der Waals surface area contributed by atoms with Gasteiger partial charge < -0.3 is 14.7 Å². The molecule has 1 saturated heterocycles. The number of likely N-dealkylation sites (tertiary alicyclic amines) is 1. The summed E-state index contributed by atoms with van der Waals surface area (Å²) in [7, 11) is 0. The van der Waals surface area contributed by atoms with Gasteiger partial charge in [0.2, 0.25) is 11.8 Å². The molecule has 2 heterocycles. The summed E-state index contributed by atoms with van der Waals surface area (Å²) in [5.41, 5.74) is 0.640. The average molecular weight is 381 g/mol. The largest absolute Gasteiger partial charge is 0.361 e. The summed E-state index contributed by atoms with van der Waals surface area (Å²) in [4.78, 5) is 27.5. The highest BCUT2D eigenvalue weighted by Gasteiger charge is 2.51. The highest BCUT2D eigenvalue weighted by Crippen LogP contribution is 2.37. The van der Waals surface area contributed by atoms with Crippen molar-refractivity contribution in [3.8, 4) is 11.3 Å². The highest BCUT2D eigenvalue weighted by atomic mass is 16.5. The summed E-state index contributed by atoms with van der Waals surface area (Å²) in [6.07, 6.45) is 4.88.